The van der Waals surface area contributed by atoms with Gasteiger partial charge in [0.1, 0.15) is 12.4 Å². The van der Waals surface area contributed by atoms with Crippen molar-refractivity contribution in [3.63, 3.8) is 0 Å². The minimum Gasteiger partial charge on any atom is -0.240 e. The Morgan fingerprint density at radius 1 is 0.917 bits per heavy atom. The molecular formula is C21H41N2S+. The fourth-order valence-corrected chi connectivity index (χ4v) is 4.20. The molecular weight excluding hydrogens is 312 g/mol. The number of imidazole rings is 1. The first kappa shape index (κ1) is 21.6. The molecule has 0 aliphatic carbocycles. The standard InChI is InChI=1S/C21H41N2S/c1-4-5-6-7-8-9-10-11-12-13-15-21(2)24-19-14-16-23-18-17-22(3)20-23/h17-18,20-21H,4-16,19H2,1-3H3/q+1. The lowest BCUT2D eigenvalue weighted by atomic mass is 10.1. The van der Waals surface area contributed by atoms with Gasteiger partial charge < -0.3 is 0 Å². The summed E-state index contributed by atoms with van der Waals surface area (Å²) in [6, 6.07) is 0. The minimum atomic E-state index is 0.833. The van der Waals surface area contributed by atoms with Crippen molar-refractivity contribution in [1.82, 2.24) is 4.57 Å². The summed E-state index contributed by atoms with van der Waals surface area (Å²) in [5.74, 6) is 1.29. The number of thioether (sulfide) groups is 1. The normalized spacial score (nSPS) is 12.6. The molecule has 0 aromatic carbocycles. The quantitative estimate of drug-likeness (QED) is 0.256. The third kappa shape index (κ3) is 12.0. The molecule has 0 radical (unpaired) electrons. The van der Waals surface area contributed by atoms with Gasteiger partial charge in [0.2, 0.25) is 6.33 Å². The molecule has 3 heteroatoms. The van der Waals surface area contributed by atoms with Crippen LogP contribution in [-0.4, -0.2) is 15.6 Å². The van der Waals surface area contributed by atoms with Gasteiger partial charge in [-0.15, -0.1) is 0 Å². The van der Waals surface area contributed by atoms with Crippen LogP contribution in [0.4, 0.5) is 0 Å². The topological polar surface area (TPSA) is 8.81 Å². The van der Waals surface area contributed by atoms with E-state index in [1.165, 1.54) is 82.8 Å². The van der Waals surface area contributed by atoms with Gasteiger partial charge in [-0.3, -0.25) is 0 Å². The molecule has 1 aromatic rings. The van der Waals surface area contributed by atoms with E-state index >= 15 is 0 Å². The molecule has 0 bridgehead atoms. The van der Waals surface area contributed by atoms with Crippen LogP contribution in [0.15, 0.2) is 18.7 Å². The van der Waals surface area contributed by atoms with Crippen molar-refractivity contribution in [2.75, 3.05) is 5.75 Å². The van der Waals surface area contributed by atoms with E-state index < -0.39 is 0 Å². The van der Waals surface area contributed by atoms with Crippen molar-refractivity contribution in [3.05, 3.63) is 18.7 Å². The van der Waals surface area contributed by atoms with Gasteiger partial charge in [0.15, 0.2) is 0 Å². The van der Waals surface area contributed by atoms with Gasteiger partial charge >= 0.3 is 0 Å². The zero-order chi connectivity index (χ0) is 17.5. The minimum absolute atomic E-state index is 0.833. The Hall–Kier alpha value is -0.440. The van der Waals surface area contributed by atoms with Crippen molar-refractivity contribution in [2.45, 2.75) is 103 Å². The number of hydrogen-bond acceptors (Lipinski definition) is 1. The summed E-state index contributed by atoms with van der Waals surface area (Å²) in [4.78, 5) is 0. The van der Waals surface area contributed by atoms with Crippen LogP contribution in [0.2, 0.25) is 0 Å². The molecule has 1 unspecified atom stereocenters. The van der Waals surface area contributed by atoms with E-state index in [9.17, 15) is 0 Å². The van der Waals surface area contributed by atoms with Crippen molar-refractivity contribution in [3.8, 4) is 0 Å². The van der Waals surface area contributed by atoms with Crippen LogP contribution >= 0.6 is 11.8 Å². The molecule has 1 heterocycles. The van der Waals surface area contributed by atoms with E-state index in [1.54, 1.807) is 0 Å². The Balaban J connectivity index is 1.82. The highest BCUT2D eigenvalue weighted by atomic mass is 32.2. The second-order valence-electron chi connectivity index (χ2n) is 7.32. The molecule has 2 nitrogen and oxygen atoms in total. The fraction of sp³-hybridized carbons (Fsp3) is 0.857. The van der Waals surface area contributed by atoms with Crippen LogP contribution in [0.5, 0.6) is 0 Å². The maximum Gasteiger partial charge on any atom is 0.243 e. The number of aromatic nitrogens is 2. The molecule has 0 N–H and O–H groups in total. The Morgan fingerprint density at radius 3 is 2.12 bits per heavy atom. The lowest BCUT2D eigenvalue weighted by Gasteiger charge is -2.10. The molecule has 0 aliphatic heterocycles. The molecule has 0 aliphatic rings. The van der Waals surface area contributed by atoms with Gasteiger partial charge in [0.05, 0.1) is 13.6 Å². The second kappa shape index (κ2) is 14.9. The van der Waals surface area contributed by atoms with Crippen LogP contribution in [0.25, 0.3) is 0 Å². The largest absolute Gasteiger partial charge is 0.243 e. The maximum absolute atomic E-state index is 2.41. The summed E-state index contributed by atoms with van der Waals surface area (Å²) in [5.41, 5.74) is 0. The number of unbranched alkanes of at least 4 members (excludes halogenated alkanes) is 9. The summed E-state index contributed by atoms with van der Waals surface area (Å²) in [6.45, 7) is 5.86. The molecule has 0 saturated heterocycles. The summed E-state index contributed by atoms with van der Waals surface area (Å²) in [7, 11) is 2.08. The van der Waals surface area contributed by atoms with Gasteiger partial charge in [-0.25, -0.2) is 9.13 Å². The molecule has 1 aromatic heterocycles. The van der Waals surface area contributed by atoms with Gasteiger partial charge in [-0.2, -0.15) is 11.8 Å². The van der Waals surface area contributed by atoms with E-state index in [0.29, 0.717) is 0 Å². The van der Waals surface area contributed by atoms with Crippen molar-refractivity contribution < 1.29 is 4.57 Å². The van der Waals surface area contributed by atoms with Gasteiger partial charge in [-0.05, 0) is 18.6 Å². The van der Waals surface area contributed by atoms with E-state index in [4.69, 9.17) is 0 Å². The zero-order valence-corrected chi connectivity index (χ0v) is 17.3. The maximum atomic E-state index is 2.41. The second-order valence-corrected chi connectivity index (χ2v) is 8.87. The predicted molar refractivity (Wildman–Crippen MR) is 109 cm³/mol. The molecule has 0 amide bonds. The van der Waals surface area contributed by atoms with Gasteiger partial charge in [0, 0.05) is 5.25 Å². The van der Waals surface area contributed by atoms with Gasteiger partial charge in [0.25, 0.3) is 0 Å². The van der Waals surface area contributed by atoms with E-state index in [1.807, 2.05) is 0 Å². The third-order valence-corrected chi connectivity index (χ3v) is 6.08. The first-order valence-corrected chi connectivity index (χ1v) is 11.4. The molecule has 1 atom stereocenters. The first-order valence-electron chi connectivity index (χ1n) is 10.3. The highest BCUT2D eigenvalue weighted by Gasteiger charge is 2.04. The zero-order valence-electron chi connectivity index (χ0n) is 16.5. The number of aryl methyl sites for hydroxylation is 2. The number of hydrogen-bond donors (Lipinski definition) is 0. The predicted octanol–water partition coefficient (Wildman–Crippen LogP) is 6.14. The highest BCUT2D eigenvalue weighted by Crippen LogP contribution is 2.19. The Kier molecular flexibility index (Phi) is 13.4. The Bertz CT molecular complexity index is 389. The molecule has 0 fully saturated rings. The van der Waals surface area contributed by atoms with Crippen molar-refractivity contribution in [1.29, 1.82) is 0 Å². The molecule has 140 valence electrons. The van der Waals surface area contributed by atoms with Crippen molar-refractivity contribution in [2.24, 2.45) is 7.05 Å². The summed E-state index contributed by atoms with van der Waals surface area (Å²) >= 11 is 2.16. The van der Waals surface area contributed by atoms with Crippen LogP contribution < -0.4 is 4.57 Å². The van der Waals surface area contributed by atoms with E-state index in [-0.39, 0.29) is 0 Å². The smallest absolute Gasteiger partial charge is 0.240 e. The Morgan fingerprint density at radius 2 is 1.54 bits per heavy atom. The average Bonchev–Trinajstić information content (AvgIpc) is 2.99. The van der Waals surface area contributed by atoms with Gasteiger partial charge in [-0.1, -0.05) is 78.1 Å². The lowest BCUT2D eigenvalue weighted by molar-refractivity contribution is -0.671. The molecule has 0 saturated carbocycles. The monoisotopic (exact) mass is 353 g/mol. The molecule has 0 spiro atoms. The molecule has 1 rings (SSSR count). The summed E-state index contributed by atoms with van der Waals surface area (Å²) in [5, 5.41) is 0.833. The van der Waals surface area contributed by atoms with Crippen LogP contribution in [0.1, 0.15) is 90.9 Å². The van der Waals surface area contributed by atoms with E-state index in [2.05, 4.69) is 60.5 Å². The van der Waals surface area contributed by atoms with Crippen molar-refractivity contribution >= 4 is 11.8 Å². The Labute approximate surface area is 155 Å². The van der Waals surface area contributed by atoms with Crippen LogP contribution in [-0.2, 0) is 13.6 Å². The van der Waals surface area contributed by atoms with E-state index in [0.717, 1.165) is 11.8 Å². The average molecular weight is 354 g/mol. The summed E-state index contributed by atoms with van der Waals surface area (Å²) < 4.78 is 4.40. The SMILES string of the molecule is CCCCCCCCCCCCC(C)SCCCn1cc[n+](C)c1. The third-order valence-electron chi connectivity index (χ3n) is 4.75. The first-order chi connectivity index (χ1) is 11.7. The lowest BCUT2D eigenvalue weighted by Crippen LogP contribution is -2.23. The number of rotatable bonds is 16. The fourth-order valence-electron chi connectivity index (χ4n) is 3.17. The number of nitrogens with zero attached hydrogens (tertiary/aromatic N) is 2. The summed E-state index contributed by atoms with van der Waals surface area (Å²) in [6.07, 6.45) is 23.5. The molecule has 24 heavy (non-hydrogen) atoms. The highest BCUT2D eigenvalue weighted by molar-refractivity contribution is 7.99. The van der Waals surface area contributed by atoms with Crippen LogP contribution in [0, 0.1) is 0 Å². The van der Waals surface area contributed by atoms with Crippen LogP contribution in [0.3, 0.4) is 0 Å².